The number of nitrogens with zero attached hydrogens (tertiary/aromatic N) is 3. The van der Waals surface area contributed by atoms with E-state index < -0.39 is 33.0 Å². The molecule has 0 saturated carbocycles. The van der Waals surface area contributed by atoms with E-state index in [0.29, 0.717) is 23.8 Å². The molecule has 2 aromatic heterocycles. The third kappa shape index (κ3) is 4.72. The molecule has 1 aliphatic rings. The number of anilines is 3. The summed E-state index contributed by atoms with van der Waals surface area (Å²) in [7, 11) is -1.97. The second kappa shape index (κ2) is 9.60. The van der Waals surface area contributed by atoms with Crippen LogP contribution in [0.15, 0.2) is 41.4 Å². The summed E-state index contributed by atoms with van der Waals surface area (Å²) < 4.78 is 55.2. The number of nitrogens with one attached hydrogen (secondary N) is 2. The van der Waals surface area contributed by atoms with Crippen molar-refractivity contribution in [3.63, 3.8) is 0 Å². The normalized spacial score (nSPS) is 15.3. The fourth-order valence-electron chi connectivity index (χ4n) is 3.63. The molecule has 13 heteroatoms. The number of pyridine rings is 1. The van der Waals surface area contributed by atoms with E-state index in [2.05, 4.69) is 20.6 Å². The van der Waals surface area contributed by atoms with E-state index in [1.807, 2.05) is 0 Å². The first kappa shape index (κ1) is 24.0. The average Bonchev–Trinajstić information content (AvgIpc) is 3.19. The van der Waals surface area contributed by atoms with Gasteiger partial charge in [0.05, 0.1) is 5.56 Å². The van der Waals surface area contributed by atoms with E-state index in [1.54, 1.807) is 13.1 Å². The zero-order valence-electron chi connectivity index (χ0n) is 18.1. The molecule has 34 heavy (non-hydrogen) atoms. The summed E-state index contributed by atoms with van der Waals surface area (Å²) in [5.41, 5.74) is 5.16. The third-order valence-electron chi connectivity index (χ3n) is 5.46. The van der Waals surface area contributed by atoms with E-state index in [9.17, 15) is 22.0 Å². The predicted octanol–water partition coefficient (Wildman–Crippen LogP) is 2.94. The lowest BCUT2D eigenvalue weighted by molar-refractivity contribution is 0.103. The predicted molar refractivity (Wildman–Crippen MR) is 126 cm³/mol. The third-order valence-corrected chi connectivity index (χ3v) is 8.34. The Bertz CT molecular complexity index is 1290. The highest BCUT2D eigenvalue weighted by Gasteiger charge is 2.31. The van der Waals surface area contributed by atoms with Crippen LogP contribution in [0.5, 0.6) is 0 Å². The molecule has 1 aromatic carbocycles. The number of rotatable bonds is 7. The fourth-order valence-corrected chi connectivity index (χ4v) is 5.95. The molecular formula is C21H22F2N6O3S2. The maximum Gasteiger partial charge on any atom is 0.244 e. The molecule has 0 atom stereocenters. The van der Waals surface area contributed by atoms with Gasteiger partial charge in [-0.25, -0.2) is 27.2 Å². The van der Waals surface area contributed by atoms with Gasteiger partial charge in [-0.1, -0.05) is 17.4 Å². The lowest BCUT2D eigenvalue weighted by Crippen LogP contribution is -2.42. The number of thiazole rings is 1. The second-order valence-corrected chi connectivity index (χ2v) is 10.5. The molecule has 0 spiro atoms. The number of carbonyl (C=O) groups excluding carboxylic acids is 1. The van der Waals surface area contributed by atoms with Crippen molar-refractivity contribution in [1.82, 2.24) is 14.3 Å². The van der Waals surface area contributed by atoms with Crippen LogP contribution in [0.2, 0.25) is 0 Å². The summed E-state index contributed by atoms with van der Waals surface area (Å²) in [6.45, 7) is 0.557. The van der Waals surface area contributed by atoms with E-state index in [4.69, 9.17) is 5.73 Å². The Morgan fingerprint density at radius 3 is 2.44 bits per heavy atom. The average molecular weight is 509 g/mol. The van der Waals surface area contributed by atoms with Crippen LogP contribution < -0.4 is 16.4 Å². The van der Waals surface area contributed by atoms with Crippen molar-refractivity contribution in [2.75, 3.05) is 36.5 Å². The Morgan fingerprint density at radius 1 is 1.18 bits per heavy atom. The molecule has 0 bridgehead atoms. The molecule has 3 aromatic rings. The van der Waals surface area contributed by atoms with Crippen molar-refractivity contribution < 1.29 is 22.0 Å². The number of piperidine rings is 1. The molecule has 0 amide bonds. The number of ketones is 1. The van der Waals surface area contributed by atoms with Gasteiger partial charge in [0.25, 0.3) is 0 Å². The van der Waals surface area contributed by atoms with Crippen molar-refractivity contribution in [2.45, 2.75) is 23.8 Å². The quantitative estimate of drug-likeness (QED) is 0.416. The van der Waals surface area contributed by atoms with E-state index in [-0.39, 0.29) is 34.7 Å². The fraction of sp³-hybridized carbons (Fsp3) is 0.286. The summed E-state index contributed by atoms with van der Waals surface area (Å²) in [4.78, 5) is 20.9. The first-order valence-corrected chi connectivity index (χ1v) is 12.6. The SMILES string of the molecule is CNc1ccc(S(=O)(=O)N2CCC(Nc3nc(N)c(C(=O)c4c(F)cccc4F)s3)CC2)cn1. The van der Waals surface area contributed by atoms with Crippen molar-refractivity contribution in [1.29, 1.82) is 0 Å². The lowest BCUT2D eigenvalue weighted by atomic mass is 10.1. The molecule has 4 N–H and O–H groups in total. The number of benzene rings is 1. The van der Waals surface area contributed by atoms with Crippen LogP contribution >= 0.6 is 11.3 Å². The van der Waals surface area contributed by atoms with Crippen molar-refractivity contribution >= 4 is 43.9 Å². The van der Waals surface area contributed by atoms with Crippen molar-refractivity contribution in [2.24, 2.45) is 0 Å². The number of halogens is 2. The number of carbonyl (C=O) groups is 1. The van der Waals surface area contributed by atoms with Gasteiger partial charge in [0, 0.05) is 32.4 Å². The van der Waals surface area contributed by atoms with Crippen molar-refractivity contribution in [3.8, 4) is 0 Å². The summed E-state index contributed by atoms with van der Waals surface area (Å²) in [5.74, 6) is -2.39. The van der Waals surface area contributed by atoms with Gasteiger partial charge in [0.15, 0.2) is 5.13 Å². The molecule has 1 fully saturated rings. The second-order valence-electron chi connectivity index (χ2n) is 7.61. The molecule has 180 valence electrons. The van der Waals surface area contributed by atoms with Crippen LogP contribution in [-0.2, 0) is 10.0 Å². The topological polar surface area (TPSA) is 130 Å². The zero-order chi connectivity index (χ0) is 24.5. The first-order valence-electron chi connectivity index (χ1n) is 10.4. The van der Waals surface area contributed by atoms with E-state index in [1.165, 1.54) is 22.6 Å². The molecule has 3 heterocycles. The van der Waals surface area contributed by atoms with Gasteiger partial charge >= 0.3 is 0 Å². The van der Waals surface area contributed by atoms with Gasteiger partial charge in [0.1, 0.15) is 33.0 Å². The number of hydrogen-bond acceptors (Lipinski definition) is 9. The highest BCUT2D eigenvalue weighted by molar-refractivity contribution is 7.89. The van der Waals surface area contributed by atoms with Gasteiger partial charge in [-0.05, 0) is 37.1 Å². The largest absolute Gasteiger partial charge is 0.382 e. The molecule has 1 aliphatic heterocycles. The van der Waals surface area contributed by atoms with Crippen LogP contribution in [0.3, 0.4) is 0 Å². The van der Waals surface area contributed by atoms with Gasteiger partial charge in [-0.2, -0.15) is 4.31 Å². The van der Waals surface area contributed by atoms with Crippen LogP contribution in [0.1, 0.15) is 28.1 Å². The van der Waals surface area contributed by atoms with Gasteiger partial charge in [0.2, 0.25) is 15.8 Å². The monoisotopic (exact) mass is 508 g/mol. The summed E-state index contributed by atoms with van der Waals surface area (Å²) in [6.07, 6.45) is 2.30. The Labute approximate surface area is 199 Å². The Kier molecular flexibility index (Phi) is 6.77. The highest BCUT2D eigenvalue weighted by Crippen LogP contribution is 2.31. The summed E-state index contributed by atoms with van der Waals surface area (Å²) in [6, 6.07) is 6.16. The van der Waals surface area contributed by atoms with Crippen molar-refractivity contribution in [3.05, 3.63) is 58.6 Å². The van der Waals surface area contributed by atoms with Gasteiger partial charge in [-0.3, -0.25) is 4.79 Å². The Hall–Kier alpha value is -3.16. The summed E-state index contributed by atoms with van der Waals surface area (Å²) in [5, 5.41) is 6.32. The van der Waals surface area contributed by atoms with E-state index in [0.717, 1.165) is 23.5 Å². The molecular weight excluding hydrogens is 486 g/mol. The highest BCUT2D eigenvalue weighted by atomic mass is 32.2. The zero-order valence-corrected chi connectivity index (χ0v) is 19.7. The number of aromatic nitrogens is 2. The minimum Gasteiger partial charge on any atom is -0.382 e. The molecule has 0 unspecified atom stereocenters. The minimum atomic E-state index is -3.67. The maximum absolute atomic E-state index is 14.0. The number of sulfonamides is 1. The van der Waals surface area contributed by atoms with Crippen LogP contribution in [0, 0.1) is 11.6 Å². The number of nitrogen functional groups attached to an aromatic ring is 1. The number of nitrogens with two attached hydrogens (primary N) is 1. The van der Waals surface area contributed by atoms with Crippen LogP contribution in [-0.4, -0.2) is 54.7 Å². The number of hydrogen-bond donors (Lipinski definition) is 3. The van der Waals surface area contributed by atoms with Gasteiger partial charge in [-0.15, -0.1) is 0 Å². The first-order chi connectivity index (χ1) is 16.2. The lowest BCUT2D eigenvalue weighted by Gasteiger charge is -2.31. The molecule has 1 saturated heterocycles. The molecule has 4 rings (SSSR count). The molecule has 0 radical (unpaired) electrons. The maximum atomic E-state index is 14.0. The smallest absolute Gasteiger partial charge is 0.244 e. The van der Waals surface area contributed by atoms with E-state index >= 15 is 0 Å². The standard InChI is InChI=1S/C21H22F2N6O3S2/c1-25-16-6-5-13(11-26-16)34(31,32)29-9-7-12(8-10-29)27-21-28-20(24)19(33-21)18(30)17-14(22)3-2-4-15(17)23/h2-6,11-12H,7-10,24H2,1H3,(H,25,26)(H,27,28). The Balaban J connectivity index is 1.41. The van der Waals surface area contributed by atoms with Crippen LogP contribution in [0.4, 0.5) is 25.5 Å². The summed E-state index contributed by atoms with van der Waals surface area (Å²) >= 11 is 0.904. The molecule has 9 nitrogen and oxygen atoms in total. The Morgan fingerprint density at radius 2 is 1.85 bits per heavy atom. The molecule has 0 aliphatic carbocycles. The van der Waals surface area contributed by atoms with Crippen LogP contribution in [0.25, 0.3) is 0 Å². The minimum absolute atomic E-state index is 0.0657. The van der Waals surface area contributed by atoms with Gasteiger partial charge < -0.3 is 16.4 Å².